The van der Waals surface area contributed by atoms with E-state index in [0.717, 1.165) is 0 Å². The molecule has 0 bridgehead atoms. The second-order valence-electron chi connectivity index (χ2n) is 4.43. The van der Waals surface area contributed by atoms with E-state index in [1.165, 1.54) is 49.6 Å². The molecule has 1 N–H and O–H groups in total. The lowest BCUT2D eigenvalue weighted by Gasteiger charge is -2.10. The minimum atomic E-state index is -3.85. The molecule has 0 unspecified atom stereocenters. The summed E-state index contributed by atoms with van der Waals surface area (Å²) in [6, 6.07) is 11.4. The number of anilines is 1. The monoisotopic (exact) mass is 350 g/mol. The number of ether oxygens (including phenoxy) is 1. The van der Waals surface area contributed by atoms with E-state index in [4.69, 9.17) is 16.9 Å². The number of esters is 1. The summed E-state index contributed by atoms with van der Waals surface area (Å²) in [7, 11) is -2.65. The average Bonchev–Trinajstić information content (AvgIpc) is 2.55. The van der Waals surface area contributed by atoms with Gasteiger partial charge in [-0.1, -0.05) is 11.6 Å². The third-order valence-electron chi connectivity index (χ3n) is 2.92. The van der Waals surface area contributed by atoms with Gasteiger partial charge in [-0.05, 0) is 42.5 Å². The smallest absolute Gasteiger partial charge is 0.339 e. The largest absolute Gasteiger partial charge is 0.465 e. The van der Waals surface area contributed by atoms with E-state index in [9.17, 15) is 13.2 Å². The third kappa shape index (κ3) is 3.80. The van der Waals surface area contributed by atoms with Gasteiger partial charge in [0.25, 0.3) is 10.0 Å². The topological polar surface area (TPSA) is 96.3 Å². The number of nitrogens with zero attached hydrogens (tertiary/aromatic N) is 1. The highest BCUT2D eigenvalue weighted by atomic mass is 35.5. The van der Waals surface area contributed by atoms with Crippen LogP contribution in [0.25, 0.3) is 0 Å². The van der Waals surface area contributed by atoms with Gasteiger partial charge in [-0.2, -0.15) is 5.26 Å². The van der Waals surface area contributed by atoms with Crippen molar-refractivity contribution in [3.05, 3.63) is 58.6 Å². The van der Waals surface area contributed by atoms with Crippen LogP contribution < -0.4 is 4.72 Å². The highest BCUT2D eigenvalue weighted by Crippen LogP contribution is 2.23. The van der Waals surface area contributed by atoms with E-state index in [2.05, 4.69) is 9.46 Å². The average molecular weight is 351 g/mol. The normalized spacial score (nSPS) is 10.7. The van der Waals surface area contributed by atoms with Crippen molar-refractivity contribution in [2.45, 2.75) is 4.90 Å². The Bertz CT molecular complexity index is 887. The van der Waals surface area contributed by atoms with Crippen LogP contribution in [0, 0.1) is 11.3 Å². The van der Waals surface area contributed by atoms with Gasteiger partial charge < -0.3 is 4.74 Å². The predicted octanol–water partition coefficient (Wildman–Crippen LogP) is 2.80. The molecule has 2 rings (SSSR count). The first-order chi connectivity index (χ1) is 10.9. The maximum atomic E-state index is 12.3. The van der Waals surface area contributed by atoms with Crippen LogP contribution in [0.15, 0.2) is 47.4 Å². The van der Waals surface area contributed by atoms with Crippen LogP contribution in [-0.4, -0.2) is 21.5 Å². The Morgan fingerprint density at radius 1 is 1.22 bits per heavy atom. The lowest BCUT2D eigenvalue weighted by Crippen LogP contribution is -2.13. The van der Waals surface area contributed by atoms with E-state index >= 15 is 0 Å². The molecule has 8 heteroatoms. The molecule has 0 saturated carbocycles. The predicted molar refractivity (Wildman–Crippen MR) is 84.8 cm³/mol. The molecule has 0 spiro atoms. The van der Waals surface area contributed by atoms with Crippen molar-refractivity contribution in [2.24, 2.45) is 0 Å². The fourth-order valence-electron chi connectivity index (χ4n) is 1.78. The number of hydrogen-bond donors (Lipinski definition) is 1. The van der Waals surface area contributed by atoms with Gasteiger partial charge in [0.1, 0.15) is 0 Å². The molecule has 23 heavy (non-hydrogen) atoms. The molecule has 0 radical (unpaired) electrons. The second-order valence-corrected chi connectivity index (χ2v) is 6.52. The number of sulfonamides is 1. The van der Waals surface area contributed by atoms with Gasteiger partial charge in [-0.25, -0.2) is 13.2 Å². The maximum absolute atomic E-state index is 12.3. The molecule has 2 aromatic rings. The Morgan fingerprint density at radius 3 is 2.43 bits per heavy atom. The summed E-state index contributed by atoms with van der Waals surface area (Å²) in [6.07, 6.45) is 0. The molecule has 0 fully saturated rings. The third-order valence-corrected chi connectivity index (χ3v) is 4.64. The van der Waals surface area contributed by atoms with Crippen LogP contribution in [0.4, 0.5) is 5.69 Å². The number of carbonyl (C=O) groups is 1. The van der Waals surface area contributed by atoms with Crippen LogP contribution in [0.2, 0.25) is 5.02 Å². The zero-order chi connectivity index (χ0) is 17.0. The van der Waals surface area contributed by atoms with E-state index < -0.39 is 16.0 Å². The molecular weight excluding hydrogens is 340 g/mol. The fourth-order valence-corrected chi connectivity index (χ4v) is 3.02. The molecule has 0 aliphatic heterocycles. The first-order valence-corrected chi connectivity index (χ1v) is 8.14. The highest BCUT2D eigenvalue weighted by molar-refractivity contribution is 7.92. The number of halogens is 1. The quantitative estimate of drug-likeness (QED) is 0.855. The summed E-state index contributed by atoms with van der Waals surface area (Å²) >= 11 is 5.88. The molecule has 0 atom stereocenters. The van der Waals surface area contributed by atoms with Gasteiger partial charge in [-0.15, -0.1) is 0 Å². The zero-order valence-electron chi connectivity index (χ0n) is 11.9. The fraction of sp³-hybridized carbons (Fsp3) is 0.0667. The molecule has 0 amide bonds. The van der Waals surface area contributed by atoms with Crippen LogP contribution in [0.5, 0.6) is 0 Å². The molecule has 0 aromatic heterocycles. The molecule has 0 aliphatic rings. The Labute approximate surface area is 138 Å². The van der Waals surface area contributed by atoms with Gasteiger partial charge in [0, 0.05) is 5.69 Å². The summed E-state index contributed by atoms with van der Waals surface area (Å²) in [6.45, 7) is 0. The van der Waals surface area contributed by atoms with Gasteiger partial charge >= 0.3 is 5.97 Å². The number of methoxy groups -OCH3 is 1. The van der Waals surface area contributed by atoms with Crippen molar-refractivity contribution < 1.29 is 17.9 Å². The number of carbonyl (C=O) groups excluding carboxylic acids is 1. The van der Waals surface area contributed by atoms with E-state index in [0.29, 0.717) is 5.56 Å². The van der Waals surface area contributed by atoms with Crippen molar-refractivity contribution in [1.82, 2.24) is 0 Å². The Balaban J connectivity index is 2.33. The molecule has 0 saturated heterocycles. The summed E-state index contributed by atoms with van der Waals surface area (Å²) in [5, 5.41) is 8.88. The van der Waals surface area contributed by atoms with E-state index in [-0.39, 0.29) is 21.2 Å². The number of hydrogen-bond acceptors (Lipinski definition) is 5. The van der Waals surface area contributed by atoms with Crippen molar-refractivity contribution in [2.75, 3.05) is 11.8 Å². The molecule has 0 aliphatic carbocycles. The highest BCUT2D eigenvalue weighted by Gasteiger charge is 2.17. The minimum Gasteiger partial charge on any atom is -0.465 e. The number of nitriles is 1. The van der Waals surface area contributed by atoms with Crippen molar-refractivity contribution >= 4 is 33.3 Å². The number of benzene rings is 2. The summed E-state index contributed by atoms with van der Waals surface area (Å²) < 4.78 is 31.5. The van der Waals surface area contributed by atoms with Gasteiger partial charge in [0.15, 0.2) is 0 Å². The van der Waals surface area contributed by atoms with Crippen molar-refractivity contribution in [3.63, 3.8) is 0 Å². The maximum Gasteiger partial charge on any atom is 0.339 e. The van der Waals surface area contributed by atoms with Crippen molar-refractivity contribution in [3.8, 4) is 6.07 Å². The minimum absolute atomic E-state index is 0.00827. The molecular formula is C15H11ClN2O4S. The lowest BCUT2D eigenvalue weighted by molar-refractivity contribution is 0.0601. The first kappa shape index (κ1) is 16.8. The Kier molecular flexibility index (Phi) is 4.89. The second kappa shape index (κ2) is 6.69. The van der Waals surface area contributed by atoms with Crippen molar-refractivity contribution in [1.29, 1.82) is 5.26 Å². The Morgan fingerprint density at radius 2 is 1.87 bits per heavy atom. The first-order valence-electron chi connectivity index (χ1n) is 6.28. The Hall–Kier alpha value is -2.56. The number of nitrogens with one attached hydrogen (secondary N) is 1. The molecule has 118 valence electrons. The summed E-state index contributed by atoms with van der Waals surface area (Å²) in [5.74, 6) is -0.672. The van der Waals surface area contributed by atoms with Crippen LogP contribution in [0.1, 0.15) is 15.9 Å². The lowest BCUT2D eigenvalue weighted by atomic mass is 10.2. The molecule has 0 heterocycles. The van der Waals surface area contributed by atoms with Crippen LogP contribution in [0.3, 0.4) is 0 Å². The van der Waals surface area contributed by atoms with Gasteiger partial charge in [0.05, 0.1) is 34.2 Å². The van der Waals surface area contributed by atoms with Gasteiger partial charge in [0.2, 0.25) is 0 Å². The summed E-state index contributed by atoms with van der Waals surface area (Å²) in [4.78, 5) is 11.6. The summed E-state index contributed by atoms with van der Waals surface area (Å²) in [5.41, 5.74) is 0.566. The van der Waals surface area contributed by atoms with E-state index in [1.807, 2.05) is 6.07 Å². The molecule has 2 aromatic carbocycles. The SMILES string of the molecule is COC(=O)c1cc(NS(=O)(=O)c2ccc(C#N)cc2)ccc1Cl. The van der Waals surface area contributed by atoms with E-state index in [1.54, 1.807) is 0 Å². The van der Waals surface area contributed by atoms with Gasteiger partial charge in [-0.3, -0.25) is 4.72 Å². The number of rotatable bonds is 4. The van der Waals surface area contributed by atoms with Crippen LogP contribution in [-0.2, 0) is 14.8 Å². The zero-order valence-corrected chi connectivity index (χ0v) is 13.5. The standard InChI is InChI=1S/C15H11ClN2O4S/c1-22-15(19)13-8-11(4-7-14(13)16)18-23(20,21)12-5-2-10(9-17)3-6-12/h2-8,18H,1H3. The molecule has 6 nitrogen and oxygen atoms in total. The van der Waals surface area contributed by atoms with Crippen LogP contribution >= 0.6 is 11.6 Å².